The van der Waals surface area contributed by atoms with E-state index >= 15 is 0 Å². The Balaban J connectivity index is 1.93. The molecular weight excluding hydrogens is 332 g/mol. The Hall–Kier alpha value is -3.68. The van der Waals surface area contributed by atoms with Crippen LogP contribution in [0.3, 0.4) is 0 Å². The predicted molar refractivity (Wildman–Crippen MR) is 102 cm³/mol. The van der Waals surface area contributed by atoms with E-state index in [0.29, 0.717) is 22.8 Å². The van der Waals surface area contributed by atoms with Crippen LogP contribution in [0.25, 0.3) is 0 Å². The Labute approximate surface area is 151 Å². The fraction of sp³-hybridized carbons (Fsp3) is 0.111. The quantitative estimate of drug-likeness (QED) is 0.285. The first-order valence-corrected chi connectivity index (χ1v) is 7.77. The van der Waals surface area contributed by atoms with E-state index in [1.807, 2.05) is 0 Å². The number of nitrogens with zero attached hydrogens (tertiary/aromatic N) is 2. The van der Waals surface area contributed by atoms with Gasteiger partial charge in [-0.1, -0.05) is 24.3 Å². The molecule has 0 spiro atoms. The van der Waals surface area contributed by atoms with Gasteiger partial charge in [0, 0.05) is 11.4 Å². The van der Waals surface area contributed by atoms with E-state index in [0.717, 1.165) is 11.1 Å². The van der Waals surface area contributed by atoms with Gasteiger partial charge < -0.3 is 11.5 Å². The summed E-state index contributed by atoms with van der Waals surface area (Å²) in [6, 6.07) is 13.9. The lowest BCUT2D eigenvalue weighted by Gasteiger charge is -2.04. The summed E-state index contributed by atoms with van der Waals surface area (Å²) in [5.74, 6) is -1.85. The van der Waals surface area contributed by atoms with E-state index in [9.17, 15) is 9.59 Å². The molecule has 0 fully saturated rings. The predicted octanol–water partition coefficient (Wildman–Crippen LogP) is 1.23. The summed E-state index contributed by atoms with van der Waals surface area (Å²) in [4.78, 5) is 23.6. The number of nitrogen functional groups attached to an aromatic ring is 2. The summed E-state index contributed by atoms with van der Waals surface area (Å²) < 4.78 is 0. The zero-order valence-corrected chi connectivity index (χ0v) is 14.5. The molecule has 134 valence electrons. The summed E-state index contributed by atoms with van der Waals surface area (Å²) in [5, 5.41) is 7.79. The Bertz CT molecular complexity index is 781. The average molecular weight is 352 g/mol. The minimum atomic E-state index is -0.923. The highest BCUT2D eigenvalue weighted by atomic mass is 16.2. The SMILES string of the molecule is C/C(=N\NC(=O)C(=O)N/N=C(\C)c1ccc(N)cc1)c1ccc(N)cc1. The van der Waals surface area contributed by atoms with Crippen LogP contribution in [0.15, 0.2) is 58.7 Å². The Morgan fingerprint density at radius 1 is 0.692 bits per heavy atom. The molecular formula is C18H20N6O2. The fourth-order valence-corrected chi connectivity index (χ4v) is 1.95. The molecule has 26 heavy (non-hydrogen) atoms. The summed E-state index contributed by atoms with van der Waals surface area (Å²) in [7, 11) is 0. The lowest BCUT2D eigenvalue weighted by Crippen LogP contribution is -2.36. The largest absolute Gasteiger partial charge is 0.399 e. The average Bonchev–Trinajstić information content (AvgIpc) is 2.64. The van der Waals surface area contributed by atoms with Crippen molar-refractivity contribution in [2.45, 2.75) is 13.8 Å². The number of hydrogen-bond donors (Lipinski definition) is 4. The van der Waals surface area contributed by atoms with Crippen LogP contribution in [-0.2, 0) is 9.59 Å². The smallest absolute Gasteiger partial charge is 0.331 e. The van der Waals surface area contributed by atoms with Gasteiger partial charge in [0.05, 0.1) is 11.4 Å². The van der Waals surface area contributed by atoms with Crippen molar-refractivity contribution in [2.75, 3.05) is 11.5 Å². The Morgan fingerprint density at radius 2 is 1.00 bits per heavy atom. The summed E-state index contributed by atoms with van der Waals surface area (Å²) in [6.07, 6.45) is 0. The van der Waals surface area contributed by atoms with Gasteiger partial charge in [-0.2, -0.15) is 10.2 Å². The Kier molecular flexibility index (Phi) is 6.05. The van der Waals surface area contributed by atoms with Gasteiger partial charge in [0.15, 0.2) is 0 Å². The number of hydrazone groups is 2. The van der Waals surface area contributed by atoms with Crippen LogP contribution >= 0.6 is 0 Å². The molecule has 2 rings (SSSR count). The van der Waals surface area contributed by atoms with Crippen LogP contribution in [0, 0.1) is 0 Å². The highest BCUT2D eigenvalue weighted by Crippen LogP contribution is 2.07. The number of carbonyl (C=O) groups excluding carboxylic acids is 2. The third kappa shape index (κ3) is 5.17. The van der Waals surface area contributed by atoms with E-state index in [-0.39, 0.29) is 0 Å². The van der Waals surface area contributed by atoms with Crippen LogP contribution in [0.5, 0.6) is 0 Å². The van der Waals surface area contributed by atoms with Crippen molar-refractivity contribution in [3.63, 3.8) is 0 Å². The zero-order chi connectivity index (χ0) is 19.1. The first-order valence-electron chi connectivity index (χ1n) is 7.77. The molecule has 0 saturated carbocycles. The number of nitrogens with two attached hydrogens (primary N) is 2. The van der Waals surface area contributed by atoms with Crippen molar-refractivity contribution < 1.29 is 9.59 Å². The van der Waals surface area contributed by atoms with Gasteiger partial charge in [-0.25, -0.2) is 10.9 Å². The molecule has 2 aromatic carbocycles. The first kappa shape index (κ1) is 18.7. The summed E-state index contributed by atoms with van der Waals surface area (Å²) >= 11 is 0. The van der Waals surface area contributed by atoms with Crippen LogP contribution in [0.1, 0.15) is 25.0 Å². The summed E-state index contributed by atoms with van der Waals surface area (Å²) in [6.45, 7) is 3.40. The number of anilines is 2. The van der Waals surface area contributed by atoms with Crippen molar-refractivity contribution in [3.8, 4) is 0 Å². The van der Waals surface area contributed by atoms with Crippen LogP contribution in [0.4, 0.5) is 11.4 Å². The molecule has 0 atom stereocenters. The molecule has 8 nitrogen and oxygen atoms in total. The van der Waals surface area contributed by atoms with Crippen molar-refractivity contribution in [1.82, 2.24) is 10.9 Å². The maximum atomic E-state index is 11.8. The van der Waals surface area contributed by atoms with Crippen molar-refractivity contribution in [2.24, 2.45) is 10.2 Å². The van der Waals surface area contributed by atoms with Crippen molar-refractivity contribution in [1.29, 1.82) is 0 Å². The second-order valence-electron chi connectivity index (χ2n) is 5.52. The minimum absolute atomic E-state index is 0.535. The van der Waals surface area contributed by atoms with E-state index < -0.39 is 11.8 Å². The topological polar surface area (TPSA) is 135 Å². The third-order valence-corrected chi connectivity index (χ3v) is 3.51. The van der Waals surface area contributed by atoms with Gasteiger partial charge in [0.1, 0.15) is 0 Å². The van der Waals surface area contributed by atoms with E-state index in [2.05, 4.69) is 21.1 Å². The van der Waals surface area contributed by atoms with Crippen LogP contribution in [-0.4, -0.2) is 23.2 Å². The normalized spacial score (nSPS) is 11.8. The highest BCUT2D eigenvalue weighted by molar-refractivity contribution is 6.35. The van der Waals surface area contributed by atoms with Crippen LogP contribution in [0.2, 0.25) is 0 Å². The number of benzene rings is 2. The number of carbonyl (C=O) groups is 2. The van der Waals surface area contributed by atoms with E-state index in [1.54, 1.807) is 62.4 Å². The zero-order valence-electron chi connectivity index (χ0n) is 14.5. The molecule has 6 N–H and O–H groups in total. The van der Waals surface area contributed by atoms with Gasteiger partial charge in [-0.3, -0.25) is 9.59 Å². The number of hydrogen-bond acceptors (Lipinski definition) is 6. The maximum Gasteiger partial charge on any atom is 0.331 e. The number of nitrogens with one attached hydrogen (secondary N) is 2. The fourth-order valence-electron chi connectivity index (χ4n) is 1.95. The van der Waals surface area contributed by atoms with E-state index in [4.69, 9.17) is 11.5 Å². The number of rotatable bonds is 4. The van der Waals surface area contributed by atoms with Gasteiger partial charge in [0.25, 0.3) is 0 Å². The molecule has 8 heteroatoms. The second kappa shape index (κ2) is 8.43. The molecule has 0 saturated heterocycles. The van der Waals surface area contributed by atoms with Gasteiger partial charge in [0.2, 0.25) is 0 Å². The standard InChI is InChI=1S/C18H20N6O2/c1-11(13-3-7-15(19)8-4-13)21-23-17(25)18(26)24-22-12(2)14-5-9-16(20)10-6-14/h3-10H,19-20H2,1-2H3,(H,23,25)(H,24,26)/b21-11+,22-12+. The molecule has 0 radical (unpaired) electrons. The minimum Gasteiger partial charge on any atom is -0.399 e. The van der Waals surface area contributed by atoms with Crippen molar-refractivity contribution in [3.05, 3.63) is 59.7 Å². The van der Waals surface area contributed by atoms with Crippen molar-refractivity contribution >= 4 is 34.6 Å². The van der Waals surface area contributed by atoms with Gasteiger partial charge in [-0.15, -0.1) is 0 Å². The first-order chi connectivity index (χ1) is 12.4. The Morgan fingerprint density at radius 3 is 1.31 bits per heavy atom. The van der Waals surface area contributed by atoms with Gasteiger partial charge in [-0.05, 0) is 49.2 Å². The van der Waals surface area contributed by atoms with Gasteiger partial charge >= 0.3 is 11.8 Å². The molecule has 0 bridgehead atoms. The molecule has 2 aromatic rings. The monoisotopic (exact) mass is 352 g/mol. The van der Waals surface area contributed by atoms with Crippen LogP contribution < -0.4 is 22.3 Å². The molecule has 0 unspecified atom stereocenters. The maximum absolute atomic E-state index is 11.8. The molecule has 0 aromatic heterocycles. The molecule has 0 heterocycles. The second-order valence-corrected chi connectivity index (χ2v) is 5.52. The lowest BCUT2D eigenvalue weighted by atomic mass is 10.1. The number of amides is 2. The lowest BCUT2D eigenvalue weighted by molar-refractivity contribution is -0.139. The molecule has 0 aliphatic heterocycles. The molecule has 0 aliphatic rings. The highest BCUT2D eigenvalue weighted by Gasteiger charge is 2.12. The molecule has 0 aliphatic carbocycles. The third-order valence-electron chi connectivity index (χ3n) is 3.51. The molecule has 2 amide bonds. The van der Waals surface area contributed by atoms with E-state index in [1.165, 1.54) is 0 Å². The summed E-state index contributed by atoms with van der Waals surface area (Å²) in [5.41, 5.74) is 19.5.